The van der Waals surface area contributed by atoms with E-state index in [2.05, 4.69) is 20.6 Å². The number of benzene rings is 3. The van der Waals surface area contributed by atoms with Crippen molar-refractivity contribution in [3.63, 3.8) is 0 Å². The number of fused-ring (bicyclic) bond motifs is 1. The minimum Gasteiger partial charge on any atom is -0.496 e. The van der Waals surface area contributed by atoms with Crippen molar-refractivity contribution in [2.45, 2.75) is 26.6 Å². The van der Waals surface area contributed by atoms with Crippen molar-refractivity contribution >= 4 is 34.4 Å². The lowest BCUT2D eigenvalue weighted by molar-refractivity contribution is 0.0377. The van der Waals surface area contributed by atoms with Gasteiger partial charge in [-0.25, -0.2) is 14.8 Å². The molecule has 3 aromatic carbocycles. The fourth-order valence-electron chi connectivity index (χ4n) is 3.83. The third-order valence-corrected chi connectivity index (χ3v) is 5.61. The number of esters is 1. The van der Waals surface area contributed by atoms with Gasteiger partial charge in [0.05, 0.1) is 36.6 Å². The van der Waals surface area contributed by atoms with Crippen molar-refractivity contribution in [2.24, 2.45) is 0 Å². The molecule has 3 N–H and O–H groups in total. The number of hydrogen-bond donors (Lipinski definition) is 3. The Labute approximate surface area is 214 Å². The fraction of sp³-hybridized carbons (Fsp3) is 0.214. The van der Waals surface area contributed by atoms with Gasteiger partial charge in [-0.05, 0) is 56.3 Å². The van der Waals surface area contributed by atoms with E-state index in [-0.39, 0.29) is 18.6 Å². The van der Waals surface area contributed by atoms with E-state index in [4.69, 9.17) is 9.47 Å². The van der Waals surface area contributed by atoms with Gasteiger partial charge in [0.25, 0.3) is 5.91 Å². The largest absolute Gasteiger partial charge is 0.496 e. The normalized spacial score (nSPS) is 10.9. The van der Waals surface area contributed by atoms with Gasteiger partial charge in [0, 0.05) is 40.9 Å². The number of carbonyl (C=O) groups excluding carboxylic acids is 2. The summed E-state index contributed by atoms with van der Waals surface area (Å²) in [5.41, 5.74) is 3.99. The van der Waals surface area contributed by atoms with E-state index in [1.165, 1.54) is 0 Å². The molecule has 0 fully saturated rings. The molecule has 0 radical (unpaired) electrons. The van der Waals surface area contributed by atoms with Gasteiger partial charge in [-0.2, -0.15) is 0 Å². The molecule has 1 heterocycles. The average molecular weight is 501 g/mol. The van der Waals surface area contributed by atoms with Gasteiger partial charge in [-0.1, -0.05) is 12.1 Å². The van der Waals surface area contributed by atoms with Crippen molar-refractivity contribution in [2.75, 3.05) is 24.8 Å². The number of anilines is 2. The summed E-state index contributed by atoms with van der Waals surface area (Å²) in [5, 5.41) is 16.4. The lowest BCUT2D eigenvalue weighted by atomic mass is 10.0. The van der Waals surface area contributed by atoms with Crippen LogP contribution in [0.5, 0.6) is 5.75 Å². The third-order valence-electron chi connectivity index (χ3n) is 5.61. The fourth-order valence-corrected chi connectivity index (χ4v) is 3.83. The van der Waals surface area contributed by atoms with Gasteiger partial charge in [0.1, 0.15) is 5.75 Å². The number of carbonyl (C=O) groups is 2. The molecular formula is C28H28N4O5. The van der Waals surface area contributed by atoms with Crippen LogP contribution in [0.25, 0.3) is 22.2 Å². The highest BCUT2D eigenvalue weighted by Crippen LogP contribution is 2.33. The molecule has 9 heteroatoms. The van der Waals surface area contributed by atoms with Crippen LogP contribution in [0.3, 0.4) is 0 Å². The van der Waals surface area contributed by atoms with Crippen LogP contribution in [-0.2, 0) is 11.3 Å². The van der Waals surface area contributed by atoms with Crippen LogP contribution >= 0.6 is 0 Å². The Morgan fingerprint density at radius 2 is 1.73 bits per heavy atom. The second kappa shape index (κ2) is 11.0. The lowest BCUT2D eigenvalue weighted by Crippen LogP contribution is -2.14. The Balaban J connectivity index is 1.64. The van der Waals surface area contributed by atoms with Crippen molar-refractivity contribution in [1.29, 1.82) is 0 Å². The van der Waals surface area contributed by atoms with E-state index < -0.39 is 5.97 Å². The van der Waals surface area contributed by atoms with Crippen LogP contribution in [-0.4, -0.2) is 47.2 Å². The number of aliphatic hydroxyl groups is 1. The molecular weight excluding hydrogens is 472 g/mol. The first kappa shape index (κ1) is 25.6. The Morgan fingerprint density at radius 3 is 2.38 bits per heavy atom. The number of hydrogen-bond acceptors (Lipinski definition) is 8. The van der Waals surface area contributed by atoms with Crippen LogP contribution in [0.1, 0.15) is 40.1 Å². The minimum absolute atomic E-state index is 0.198. The Bertz CT molecular complexity index is 1450. The van der Waals surface area contributed by atoms with E-state index in [0.29, 0.717) is 45.3 Å². The van der Waals surface area contributed by atoms with Crippen LogP contribution in [0, 0.1) is 0 Å². The SMILES string of the molecule is CNc1nc(-c2cccc(NC(=O)c3ccc(C(=O)OC(C)C)cc3)c2)c2cc(CO)c(OC)cc2n1. The summed E-state index contributed by atoms with van der Waals surface area (Å²) in [6.45, 7) is 3.36. The van der Waals surface area contributed by atoms with Gasteiger partial charge < -0.3 is 25.2 Å². The van der Waals surface area contributed by atoms with Crippen LogP contribution in [0.2, 0.25) is 0 Å². The summed E-state index contributed by atoms with van der Waals surface area (Å²) in [7, 11) is 3.27. The van der Waals surface area contributed by atoms with Gasteiger partial charge in [0.15, 0.2) is 0 Å². The molecule has 9 nitrogen and oxygen atoms in total. The Morgan fingerprint density at radius 1 is 1.00 bits per heavy atom. The Hall–Kier alpha value is -4.50. The monoisotopic (exact) mass is 500 g/mol. The number of ether oxygens (including phenoxy) is 2. The van der Waals surface area contributed by atoms with Crippen molar-refractivity contribution in [1.82, 2.24) is 9.97 Å². The van der Waals surface area contributed by atoms with Crippen molar-refractivity contribution < 1.29 is 24.2 Å². The Kier molecular flexibility index (Phi) is 7.64. The number of nitrogens with zero attached hydrogens (tertiary/aromatic N) is 2. The van der Waals surface area contributed by atoms with Gasteiger partial charge in [-0.15, -0.1) is 0 Å². The first-order chi connectivity index (χ1) is 17.8. The topological polar surface area (TPSA) is 123 Å². The van der Waals surface area contributed by atoms with E-state index in [9.17, 15) is 14.7 Å². The zero-order chi connectivity index (χ0) is 26.5. The molecule has 37 heavy (non-hydrogen) atoms. The smallest absolute Gasteiger partial charge is 0.338 e. The van der Waals surface area contributed by atoms with Crippen molar-refractivity contribution in [3.8, 4) is 17.0 Å². The summed E-state index contributed by atoms with van der Waals surface area (Å²) in [6, 6.07) is 17.2. The zero-order valence-electron chi connectivity index (χ0n) is 21.0. The molecule has 4 rings (SSSR count). The molecule has 1 amide bonds. The van der Waals surface area contributed by atoms with E-state index in [1.54, 1.807) is 70.5 Å². The first-order valence-electron chi connectivity index (χ1n) is 11.7. The maximum absolute atomic E-state index is 12.9. The number of aliphatic hydroxyl groups excluding tert-OH is 1. The van der Waals surface area contributed by atoms with Gasteiger partial charge in [-0.3, -0.25) is 4.79 Å². The number of rotatable bonds is 8. The van der Waals surface area contributed by atoms with Gasteiger partial charge >= 0.3 is 5.97 Å². The highest BCUT2D eigenvalue weighted by Gasteiger charge is 2.15. The summed E-state index contributed by atoms with van der Waals surface area (Å²) in [6.07, 6.45) is -0.226. The van der Waals surface area contributed by atoms with Crippen molar-refractivity contribution in [3.05, 3.63) is 77.4 Å². The molecule has 0 unspecified atom stereocenters. The predicted octanol–water partition coefficient (Wildman–Crippen LogP) is 4.66. The highest BCUT2D eigenvalue weighted by molar-refractivity contribution is 6.05. The van der Waals surface area contributed by atoms with Gasteiger partial charge in [0.2, 0.25) is 5.95 Å². The molecule has 4 aromatic rings. The molecule has 190 valence electrons. The molecule has 0 spiro atoms. The zero-order valence-corrected chi connectivity index (χ0v) is 21.0. The average Bonchev–Trinajstić information content (AvgIpc) is 2.91. The van der Waals surface area contributed by atoms with E-state index in [0.717, 1.165) is 10.9 Å². The molecule has 0 saturated heterocycles. The molecule has 0 atom stereocenters. The second-order valence-electron chi connectivity index (χ2n) is 8.55. The first-order valence-corrected chi connectivity index (χ1v) is 11.7. The van der Waals surface area contributed by atoms with Crippen LogP contribution in [0.15, 0.2) is 60.7 Å². The van der Waals surface area contributed by atoms with E-state index in [1.807, 2.05) is 18.2 Å². The van der Waals surface area contributed by atoms with Crippen LogP contribution in [0.4, 0.5) is 11.6 Å². The lowest BCUT2D eigenvalue weighted by Gasteiger charge is -2.13. The predicted molar refractivity (Wildman–Crippen MR) is 142 cm³/mol. The maximum Gasteiger partial charge on any atom is 0.338 e. The molecule has 0 saturated carbocycles. The summed E-state index contributed by atoms with van der Waals surface area (Å²) >= 11 is 0. The minimum atomic E-state index is -0.436. The van der Waals surface area contributed by atoms with E-state index >= 15 is 0 Å². The maximum atomic E-state index is 12.9. The second-order valence-corrected chi connectivity index (χ2v) is 8.55. The number of methoxy groups -OCH3 is 1. The highest BCUT2D eigenvalue weighted by atomic mass is 16.5. The number of aromatic nitrogens is 2. The van der Waals surface area contributed by atoms with Crippen LogP contribution < -0.4 is 15.4 Å². The molecule has 0 aliphatic carbocycles. The molecule has 0 aliphatic heterocycles. The number of nitrogens with one attached hydrogen (secondary N) is 2. The summed E-state index contributed by atoms with van der Waals surface area (Å²) in [4.78, 5) is 34.1. The standard InChI is InChI=1S/C28H28N4O5/c1-16(2)37-27(35)18-10-8-17(9-11-18)26(34)30-21-7-5-6-19(12-21)25-22-13-20(15-33)24(36-4)14-23(22)31-28(29-3)32-25/h5-14,16,33H,15H2,1-4H3,(H,30,34)(H,29,31,32). The molecule has 0 bridgehead atoms. The molecule has 1 aromatic heterocycles. The molecule has 0 aliphatic rings. The quantitative estimate of drug-likeness (QED) is 0.299. The summed E-state index contributed by atoms with van der Waals surface area (Å²) < 4.78 is 10.6. The number of amides is 1. The third kappa shape index (κ3) is 5.68. The summed E-state index contributed by atoms with van der Waals surface area (Å²) in [5.74, 6) is 0.198.